The molecule has 0 radical (unpaired) electrons. The Hall–Kier alpha value is -1.83. The zero-order chi connectivity index (χ0) is 13.5. The van der Waals surface area contributed by atoms with Crippen LogP contribution in [0.3, 0.4) is 0 Å². The van der Waals surface area contributed by atoms with Crippen LogP contribution in [-0.4, -0.2) is 29.9 Å². The molecule has 0 aliphatic carbocycles. The van der Waals surface area contributed by atoms with Crippen molar-refractivity contribution >= 4 is 5.69 Å². The second kappa shape index (κ2) is 6.80. The number of rotatable bonds is 6. The summed E-state index contributed by atoms with van der Waals surface area (Å²) in [5.74, 6) is 0. The third kappa shape index (κ3) is 3.33. The standard InChI is InChI=1S/C14H18N2O2/c1-3-6-16(7-8-17)14-9-12(10-15)4-5-13(14)11(2)18/h3-5,9,11,17-18H,1,6-8H2,2H3. The van der Waals surface area contributed by atoms with Crippen molar-refractivity contribution in [2.24, 2.45) is 0 Å². The van der Waals surface area contributed by atoms with Gasteiger partial charge in [0.2, 0.25) is 0 Å². The Balaban J connectivity index is 3.23. The molecule has 0 fully saturated rings. The lowest BCUT2D eigenvalue weighted by molar-refractivity contribution is 0.199. The molecule has 0 saturated heterocycles. The second-order valence-electron chi connectivity index (χ2n) is 4.02. The first-order valence-corrected chi connectivity index (χ1v) is 5.82. The average Bonchev–Trinajstić information content (AvgIpc) is 2.37. The van der Waals surface area contributed by atoms with Crippen molar-refractivity contribution in [1.29, 1.82) is 5.26 Å². The number of aliphatic hydroxyl groups is 2. The fourth-order valence-corrected chi connectivity index (χ4v) is 1.83. The van der Waals surface area contributed by atoms with Gasteiger partial charge in [0.05, 0.1) is 24.3 Å². The Morgan fingerprint density at radius 2 is 2.28 bits per heavy atom. The van der Waals surface area contributed by atoms with Gasteiger partial charge in [-0.15, -0.1) is 6.58 Å². The fraction of sp³-hybridized carbons (Fsp3) is 0.357. The zero-order valence-corrected chi connectivity index (χ0v) is 10.5. The predicted octanol–water partition coefficient (Wildman–Crippen LogP) is 1.60. The minimum atomic E-state index is -0.626. The summed E-state index contributed by atoms with van der Waals surface area (Å²) in [7, 11) is 0. The molecule has 0 aliphatic heterocycles. The number of hydrogen-bond acceptors (Lipinski definition) is 4. The van der Waals surface area contributed by atoms with Gasteiger partial charge in [0.15, 0.2) is 0 Å². The quantitative estimate of drug-likeness (QED) is 0.748. The molecule has 0 amide bonds. The van der Waals surface area contributed by atoms with E-state index in [4.69, 9.17) is 10.4 Å². The SMILES string of the molecule is C=CCN(CCO)c1cc(C#N)ccc1C(C)O. The third-order valence-corrected chi connectivity index (χ3v) is 2.67. The van der Waals surface area contributed by atoms with Gasteiger partial charge in [-0.2, -0.15) is 5.26 Å². The predicted molar refractivity (Wildman–Crippen MR) is 71.3 cm³/mol. The molecule has 2 N–H and O–H groups in total. The van der Waals surface area contributed by atoms with Gasteiger partial charge in [0, 0.05) is 24.3 Å². The average molecular weight is 246 g/mol. The van der Waals surface area contributed by atoms with Gasteiger partial charge >= 0.3 is 0 Å². The van der Waals surface area contributed by atoms with Crippen molar-refractivity contribution in [3.8, 4) is 6.07 Å². The minimum absolute atomic E-state index is 0.00384. The Kier molecular flexibility index (Phi) is 5.37. The van der Waals surface area contributed by atoms with Crippen LogP contribution in [0.1, 0.15) is 24.2 Å². The van der Waals surface area contributed by atoms with Crippen LogP contribution in [0.15, 0.2) is 30.9 Å². The minimum Gasteiger partial charge on any atom is -0.395 e. The topological polar surface area (TPSA) is 67.5 Å². The highest BCUT2D eigenvalue weighted by Gasteiger charge is 2.14. The Morgan fingerprint density at radius 1 is 1.56 bits per heavy atom. The Morgan fingerprint density at radius 3 is 2.78 bits per heavy atom. The van der Waals surface area contributed by atoms with Crippen molar-refractivity contribution in [2.75, 3.05) is 24.6 Å². The van der Waals surface area contributed by atoms with Crippen molar-refractivity contribution < 1.29 is 10.2 Å². The molecule has 0 spiro atoms. The highest BCUT2D eigenvalue weighted by molar-refractivity contribution is 5.58. The summed E-state index contributed by atoms with van der Waals surface area (Å²) in [5.41, 5.74) is 2.03. The molecule has 1 rings (SSSR count). The fourth-order valence-electron chi connectivity index (χ4n) is 1.83. The second-order valence-corrected chi connectivity index (χ2v) is 4.02. The summed E-state index contributed by atoms with van der Waals surface area (Å²) in [5, 5.41) is 27.8. The van der Waals surface area contributed by atoms with Gasteiger partial charge in [0.1, 0.15) is 0 Å². The summed E-state index contributed by atoms with van der Waals surface area (Å²) in [6, 6.07) is 7.22. The lowest BCUT2D eigenvalue weighted by atomic mass is 10.0. The van der Waals surface area contributed by atoms with Crippen LogP contribution in [0.4, 0.5) is 5.69 Å². The van der Waals surface area contributed by atoms with Gasteiger partial charge in [-0.1, -0.05) is 12.1 Å². The number of aliphatic hydroxyl groups excluding tert-OH is 2. The zero-order valence-electron chi connectivity index (χ0n) is 10.5. The lowest BCUT2D eigenvalue weighted by Gasteiger charge is -2.26. The summed E-state index contributed by atoms with van der Waals surface area (Å²) < 4.78 is 0. The molecular formula is C14H18N2O2. The van der Waals surface area contributed by atoms with Gasteiger partial charge < -0.3 is 15.1 Å². The molecule has 0 bridgehead atoms. The van der Waals surface area contributed by atoms with E-state index in [-0.39, 0.29) is 6.61 Å². The number of benzene rings is 1. The maximum Gasteiger partial charge on any atom is 0.0992 e. The van der Waals surface area contributed by atoms with Crippen molar-refractivity contribution in [3.63, 3.8) is 0 Å². The van der Waals surface area contributed by atoms with Crippen LogP contribution < -0.4 is 4.90 Å². The molecule has 0 heterocycles. The first-order valence-electron chi connectivity index (χ1n) is 5.82. The van der Waals surface area contributed by atoms with E-state index in [1.165, 1.54) is 0 Å². The number of hydrogen-bond donors (Lipinski definition) is 2. The van der Waals surface area contributed by atoms with E-state index in [9.17, 15) is 5.11 Å². The number of nitriles is 1. The van der Waals surface area contributed by atoms with Crippen LogP contribution in [0.2, 0.25) is 0 Å². The Labute approximate surface area is 107 Å². The van der Waals surface area contributed by atoms with E-state index >= 15 is 0 Å². The van der Waals surface area contributed by atoms with E-state index < -0.39 is 6.10 Å². The van der Waals surface area contributed by atoms with Gasteiger partial charge in [-0.25, -0.2) is 0 Å². The van der Waals surface area contributed by atoms with E-state index in [2.05, 4.69) is 12.6 Å². The largest absolute Gasteiger partial charge is 0.395 e. The van der Waals surface area contributed by atoms with E-state index in [1.807, 2.05) is 4.90 Å². The molecule has 0 aliphatic rings. The third-order valence-electron chi connectivity index (χ3n) is 2.67. The maximum atomic E-state index is 9.76. The molecular weight excluding hydrogens is 228 g/mol. The molecule has 1 unspecified atom stereocenters. The van der Waals surface area contributed by atoms with Gasteiger partial charge in [0.25, 0.3) is 0 Å². The number of anilines is 1. The smallest absolute Gasteiger partial charge is 0.0992 e. The highest BCUT2D eigenvalue weighted by Crippen LogP contribution is 2.27. The van der Waals surface area contributed by atoms with Gasteiger partial charge in [-0.05, 0) is 19.1 Å². The van der Waals surface area contributed by atoms with Crippen LogP contribution in [0.25, 0.3) is 0 Å². The lowest BCUT2D eigenvalue weighted by Crippen LogP contribution is -2.28. The molecule has 18 heavy (non-hydrogen) atoms. The van der Waals surface area contributed by atoms with Crippen LogP contribution >= 0.6 is 0 Å². The van der Waals surface area contributed by atoms with Gasteiger partial charge in [-0.3, -0.25) is 0 Å². The Bertz CT molecular complexity index is 450. The van der Waals surface area contributed by atoms with E-state index in [0.717, 1.165) is 11.3 Å². The summed E-state index contributed by atoms with van der Waals surface area (Å²) in [6.07, 6.45) is 1.10. The summed E-state index contributed by atoms with van der Waals surface area (Å²) in [6.45, 7) is 6.34. The summed E-state index contributed by atoms with van der Waals surface area (Å²) in [4.78, 5) is 1.88. The van der Waals surface area contributed by atoms with E-state index in [0.29, 0.717) is 18.7 Å². The number of nitrogens with zero attached hydrogens (tertiary/aromatic N) is 2. The molecule has 4 heteroatoms. The molecule has 0 saturated carbocycles. The van der Waals surface area contributed by atoms with Crippen molar-refractivity contribution in [3.05, 3.63) is 42.0 Å². The van der Waals surface area contributed by atoms with E-state index in [1.54, 1.807) is 31.2 Å². The molecule has 1 atom stereocenters. The molecule has 1 aromatic carbocycles. The first kappa shape index (κ1) is 14.2. The normalized spacial score (nSPS) is 11.7. The molecule has 4 nitrogen and oxygen atoms in total. The highest BCUT2D eigenvalue weighted by atomic mass is 16.3. The van der Waals surface area contributed by atoms with Crippen LogP contribution in [0, 0.1) is 11.3 Å². The first-order chi connectivity index (χ1) is 8.63. The van der Waals surface area contributed by atoms with Crippen molar-refractivity contribution in [2.45, 2.75) is 13.0 Å². The summed E-state index contributed by atoms with van der Waals surface area (Å²) >= 11 is 0. The maximum absolute atomic E-state index is 9.76. The monoisotopic (exact) mass is 246 g/mol. The molecule has 1 aromatic rings. The van der Waals surface area contributed by atoms with Crippen LogP contribution in [0.5, 0.6) is 0 Å². The molecule has 96 valence electrons. The van der Waals surface area contributed by atoms with Crippen molar-refractivity contribution in [1.82, 2.24) is 0 Å². The van der Waals surface area contributed by atoms with Crippen LogP contribution in [-0.2, 0) is 0 Å². The molecule has 0 aromatic heterocycles.